The molecule has 106 valence electrons. The molecular formula is C16H19NO3. The van der Waals surface area contributed by atoms with Crippen molar-refractivity contribution in [3.05, 3.63) is 23.8 Å². The molecule has 1 aliphatic rings. The van der Waals surface area contributed by atoms with Crippen molar-refractivity contribution in [2.75, 3.05) is 25.2 Å². The van der Waals surface area contributed by atoms with E-state index in [0.717, 1.165) is 30.5 Å². The Kier molecular flexibility index (Phi) is 5.03. The highest BCUT2D eigenvalue weighted by Crippen LogP contribution is 2.31. The van der Waals surface area contributed by atoms with Gasteiger partial charge in [-0.05, 0) is 31.0 Å². The van der Waals surface area contributed by atoms with Gasteiger partial charge in [-0.3, -0.25) is 4.79 Å². The van der Waals surface area contributed by atoms with Crippen LogP contribution in [0.3, 0.4) is 0 Å². The van der Waals surface area contributed by atoms with Crippen LogP contribution in [0.2, 0.25) is 0 Å². The summed E-state index contributed by atoms with van der Waals surface area (Å²) in [5, 5.41) is 8.76. The summed E-state index contributed by atoms with van der Waals surface area (Å²) in [5.74, 6) is 6.29. The lowest BCUT2D eigenvalue weighted by Gasteiger charge is -2.23. The standard InChI is InChI=1S/C16H19NO3/c1-20-15-9-8-13(6-5-11-18)12-14(15)17-10-4-2-3-7-16(17)19/h8-9,12,18H,2-4,7,10-11H2,1H3. The monoisotopic (exact) mass is 273 g/mol. The topological polar surface area (TPSA) is 49.8 Å². The van der Waals surface area contributed by atoms with E-state index in [-0.39, 0.29) is 12.5 Å². The third-order valence-corrected chi connectivity index (χ3v) is 3.35. The molecule has 4 nitrogen and oxygen atoms in total. The number of carbonyl (C=O) groups excluding carboxylic acids is 1. The Bertz CT molecular complexity index is 542. The van der Waals surface area contributed by atoms with E-state index in [1.54, 1.807) is 12.0 Å². The molecule has 0 unspecified atom stereocenters. The first kappa shape index (κ1) is 14.4. The fraction of sp³-hybridized carbons (Fsp3) is 0.438. The van der Waals surface area contributed by atoms with Crippen molar-refractivity contribution in [3.8, 4) is 17.6 Å². The summed E-state index contributed by atoms with van der Waals surface area (Å²) in [6, 6.07) is 5.49. The first-order valence-electron chi connectivity index (χ1n) is 6.84. The lowest BCUT2D eigenvalue weighted by atomic mass is 10.1. The van der Waals surface area contributed by atoms with Gasteiger partial charge in [-0.2, -0.15) is 0 Å². The number of methoxy groups -OCH3 is 1. The summed E-state index contributed by atoms with van der Waals surface area (Å²) in [6.07, 6.45) is 3.60. The Morgan fingerprint density at radius 3 is 2.95 bits per heavy atom. The van der Waals surface area contributed by atoms with Crippen molar-refractivity contribution >= 4 is 11.6 Å². The van der Waals surface area contributed by atoms with Gasteiger partial charge < -0.3 is 14.7 Å². The highest BCUT2D eigenvalue weighted by Gasteiger charge is 2.21. The number of benzene rings is 1. The molecule has 20 heavy (non-hydrogen) atoms. The highest BCUT2D eigenvalue weighted by molar-refractivity contribution is 5.95. The molecule has 4 heteroatoms. The maximum Gasteiger partial charge on any atom is 0.227 e. The SMILES string of the molecule is COc1ccc(C#CCO)cc1N1CCCCCC1=O. The fourth-order valence-electron chi connectivity index (χ4n) is 2.36. The van der Waals surface area contributed by atoms with E-state index in [1.165, 1.54) is 0 Å². The van der Waals surface area contributed by atoms with Gasteiger partial charge in [0.15, 0.2) is 0 Å². The Labute approximate surface area is 119 Å². The largest absolute Gasteiger partial charge is 0.495 e. The van der Waals surface area contributed by atoms with Gasteiger partial charge in [0.05, 0.1) is 12.8 Å². The zero-order valence-corrected chi connectivity index (χ0v) is 11.7. The Hall–Kier alpha value is -1.99. The van der Waals surface area contributed by atoms with E-state index in [2.05, 4.69) is 11.8 Å². The minimum atomic E-state index is -0.177. The maximum absolute atomic E-state index is 12.2. The molecule has 0 bridgehead atoms. The molecule has 1 amide bonds. The summed E-state index contributed by atoms with van der Waals surface area (Å²) < 4.78 is 5.36. The predicted molar refractivity (Wildman–Crippen MR) is 77.8 cm³/mol. The molecule has 0 atom stereocenters. The molecule has 1 heterocycles. The Balaban J connectivity index is 2.38. The molecule has 1 aromatic rings. The molecule has 1 N–H and O–H groups in total. The number of ether oxygens (including phenoxy) is 1. The van der Waals surface area contributed by atoms with Crippen molar-refractivity contribution in [2.24, 2.45) is 0 Å². The van der Waals surface area contributed by atoms with E-state index in [0.29, 0.717) is 18.7 Å². The predicted octanol–water partition coefficient (Wildman–Crippen LogP) is 1.95. The lowest BCUT2D eigenvalue weighted by molar-refractivity contribution is -0.118. The number of hydrogen-bond acceptors (Lipinski definition) is 3. The molecule has 1 fully saturated rings. The number of aliphatic hydroxyl groups is 1. The van der Waals surface area contributed by atoms with Crippen LogP contribution in [0.25, 0.3) is 0 Å². The van der Waals surface area contributed by atoms with Crippen molar-refractivity contribution < 1.29 is 14.6 Å². The van der Waals surface area contributed by atoms with E-state index in [9.17, 15) is 4.79 Å². The molecule has 1 aromatic carbocycles. The average Bonchev–Trinajstić information content (AvgIpc) is 2.69. The Morgan fingerprint density at radius 2 is 2.20 bits per heavy atom. The van der Waals surface area contributed by atoms with Crippen LogP contribution in [-0.4, -0.2) is 31.3 Å². The summed E-state index contributed by atoms with van der Waals surface area (Å²) in [5.41, 5.74) is 1.54. The van der Waals surface area contributed by atoms with Crippen LogP contribution in [-0.2, 0) is 4.79 Å². The van der Waals surface area contributed by atoms with Crippen molar-refractivity contribution in [2.45, 2.75) is 25.7 Å². The van der Waals surface area contributed by atoms with Crippen LogP contribution >= 0.6 is 0 Å². The van der Waals surface area contributed by atoms with Crippen LogP contribution in [0.5, 0.6) is 5.75 Å². The minimum absolute atomic E-state index is 0.132. The zero-order chi connectivity index (χ0) is 14.4. The van der Waals surface area contributed by atoms with Gasteiger partial charge in [0.2, 0.25) is 5.91 Å². The van der Waals surface area contributed by atoms with Crippen LogP contribution in [0.1, 0.15) is 31.2 Å². The van der Waals surface area contributed by atoms with Gasteiger partial charge in [0, 0.05) is 18.5 Å². The minimum Gasteiger partial charge on any atom is -0.495 e. The third-order valence-electron chi connectivity index (χ3n) is 3.35. The van der Waals surface area contributed by atoms with Crippen LogP contribution in [0.4, 0.5) is 5.69 Å². The lowest BCUT2D eigenvalue weighted by Crippen LogP contribution is -2.30. The molecule has 0 radical (unpaired) electrons. The number of amides is 1. The number of anilines is 1. The number of rotatable bonds is 2. The normalized spacial score (nSPS) is 15.3. The van der Waals surface area contributed by atoms with Crippen LogP contribution < -0.4 is 9.64 Å². The molecule has 0 saturated carbocycles. The van der Waals surface area contributed by atoms with Gasteiger partial charge in [0.25, 0.3) is 0 Å². The second kappa shape index (κ2) is 6.97. The van der Waals surface area contributed by atoms with Gasteiger partial charge in [0.1, 0.15) is 12.4 Å². The second-order valence-electron chi connectivity index (χ2n) is 4.70. The molecule has 2 rings (SSSR count). The fourth-order valence-corrected chi connectivity index (χ4v) is 2.36. The van der Waals surface area contributed by atoms with Crippen LogP contribution in [0.15, 0.2) is 18.2 Å². The van der Waals surface area contributed by atoms with Gasteiger partial charge >= 0.3 is 0 Å². The van der Waals surface area contributed by atoms with Gasteiger partial charge in [-0.25, -0.2) is 0 Å². The first-order chi connectivity index (χ1) is 9.76. The molecule has 0 aliphatic carbocycles. The number of carbonyl (C=O) groups is 1. The summed E-state index contributed by atoms with van der Waals surface area (Å²) in [4.78, 5) is 14.0. The van der Waals surface area contributed by atoms with Gasteiger partial charge in [-0.1, -0.05) is 18.3 Å². The molecule has 0 spiro atoms. The van der Waals surface area contributed by atoms with Crippen LogP contribution in [0, 0.1) is 11.8 Å². The summed E-state index contributed by atoms with van der Waals surface area (Å²) in [7, 11) is 1.60. The van der Waals surface area contributed by atoms with Gasteiger partial charge in [-0.15, -0.1) is 0 Å². The third kappa shape index (κ3) is 3.31. The first-order valence-corrected chi connectivity index (χ1v) is 6.84. The molecule has 1 aliphatic heterocycles. The molecular weight excluding hydrogens is 254 g/mol. The molecule has 0 aromatic heterocycles. The van der Waals surface area contributed by atoms with E-state index < -0.39 is 0 Å². The van der Waals surface area contributed by atoms with Crippen molar-refractivity contribution in [1.82, 2.24) is 0 Å². The average molecular weight is 273 g/mol. The smallest absolute Gasteiger partial charge is 0.227 e. The van der Waals surface area contributed by atoms with E-state index >= 15 is 0 Å². The zero-order valence-electron chi connectivity index (χ0n) is 11.7. The summed E-state index contributed by atoms with van der Waals surface area (Å²) in [6.45, 7) is 0.538. The molecule has 1 saturated heterocycles. The van der Waals surface area contributed by atoms with E-state index in [4.69, 9.17) is 9.84 Å². The summed E-state index contributed by atoms with van der Waals surface area (Å²) >= 11 is 0. The maximum atomic E-state index is 12.2. The number of hydrogen-bond donors (Lipinski definition) is 1. The number of aliphatic hydroxyl groups excluding tert-OH is 1. The van der Waals surface area contributed by atoms with E-state index in [1.807, 2.05) is 18.2 Å². The quantitative estimate of drug-likeness (QED) is 0.838. The van der Waals surface area contributed by atoms with Crippen molar-refractivity contribution in [3.63, 3.8) is 0 Å². The highest BCUT2D eigenvalue weighted by atomic mass is 16.5. The number of nitrogens with zero attached hydrogens (tertiary/aromatic N) is 1. The van der Waals surface area contributed by atoms with Crippen molar-refractivity contribution in [1.29, 1.82) is 0 Å². The second-order valence-corrected chi connectivity index (χ2v) is 4.70. The Morgan fingerprint density at radius 1 is 1.35 bits per heavy atom.